The summed E-state index contributed by atoms with van der Waals surface area (Å²) in [6, 6.07) is 10.2. The molecule has 1 amide bonds. The first-order chi connectivity index (χ1) is 11.7. The van der Waals surface area contributed by atoms with Gasteiger partial charge in [-0.05, 0) is 23.9 Å². The predicted octanol–water partition coefficient (Wildman–Crippen LogP) is 3.58. The first-order valence-electron chi connectivity index (χ1n) is 7.59. The molecule has 2 aromatic heterocycles. The summed E-state index contributed by atoms with van der Waals surface area (Å²) >= 11 is 1.54. The van der Waals surface area contributed by atoms with Gasteiger partial charge in [0, 0.05) is 24.9 Å². The Bertz CT molecular complexity index is 802. The molecule has 0 unspecified atom stereocenters. The molecule has 2 heterocycles. The van der Waals surface area contributed by atoms with Crippen LogP contribution in [0.25, 0.3) is 10.7 Å². The minimum atomic E-state index is -0.315. The number of nitrogens with one attached hydrogen (secondary N) is 1. The van der Waals surface area contributed by atoms with Gasteiger partial charge in [0.05, 0.1) is 4.88 Å². The molecule has 0 bridgehead atoms. The number of carbonyl (C=O) groups excluding carboxylic acids is 1. The third-order valence-electron chi connectivity index (χ3n) is 3.44. The lowest BCUT2D eigenvalue weighted by Crippen LogP contribution is -2.23. The topological polar surface area (TPSA) is 68.0 Å². The molecular weight excluding hydrogens is 329 g/mol. The van der Waals surface area contributed by atoms with E-state index in [0.29, 0.717) is 36.5 Å². The van der Waals surface area contributed by atoms with Crippen LogP contribution < -0.4 is 5.32 Å². The second-order valence-corrected chi connectivity index (χ2v) is 6.16. The molecule has 24 heavy (non-hydrogen) atoms. The van der Waals surface area contributed by atoms with Gasteiger partial charge in [-0.2, -0.15) is 4.98 Å². The van der Waals surface area contributed by atoms with Crippen LogP contribution in [0.15, 0.2) is 46.3 Å². The molecule has 0 saturated heterocycles. The summed E-state index contributed by atoms with van der Waals surface area (Å²) in [5, 5.41) is 8.58. The van der Waals surface area contributed by atoms with Gasteiger partial charge in [-0.15, -0.1) is 11.3 Å². The minimum absolute atomic E-state index is 0.128. The van der Waals surface area contributed by atoms with E-state index in [-0.39, 0.29) is 18.3 Å². The number of hydrogen-bond acceptors (Lipinski definition) is 5. The zero-order valence-electron chi connectivity index (χ0n) is 12.9. The van der Waals surface area contributed by atoms with Crippen molar-refractivity contribution in [2.24, 2.45) is 0 Å². The van der Waals surface area contributed by atoms with Gasteiger partial charge in [0.25, 0.3) is 0 Å². The van der Waals surface area contributed by atoms with E-state index in [2.05, 4.69) is 15.5 Å². The number of benzene rings is 1. The van der Waals surface area contributed by atoms with Crippen molar-refractivity contribution in [3.8, 4) is 10.7 Å². The molecule has 0 saturated carbocycles. The third-order valence-corrected chi connectivity index (χ3v) is 4.30. The van der Waals surface area contributed by atoms with Gasteiger partial charge in [-0.3, -0.25) is 4.79 Å². The fraction of sp³-hybridized carbons (Fsp3) is 0.235. The van der Waals surface area contributed by atoms with Crippen molar-refractivity contribution < 1.29 is 13.7 Å². The van der Waals surface area contributed by atoms with Crippen LogP contribution in [-0.2, 0) is 17.8 Å². The van der Waals surface area contributed by atoms with E-state index in [0.717, 1.165) is 4.88 Å². The summed E-state index contributed by atoms with van der Waals surface area (Å²) < 4.78 is 18.6. The number of carbonyl (C=O) groups is 1. The van der Waals surface area contributed by atoms with Crippen molar-refractivity contribution in [2.75, 3.05) is 0 Å². The van der Waals surface area contributed by atoms with Gasteiger partial charge in [-0.25, -0.2) is 4.39 Å². The van der Waals surface area contributed by atoms with Gasteiger partial charge >= 0.3 is 0 Å². The Morgan fingerprint density at radius 1 is 1.25 bits per heavy atom. The minimum Gasteiger partial charge on any atom is -0.352 e. The Balaban J connectivity index is 1.41. The van der Waals surface area contributed by atoms with Gasteiger partial charge in [0.2, 0.25) is 17.6 Å². The van der Waals surface area contributed by atoms with Crippen LogP contribution in [0, 0.1) is 5.82 Å². The van der Waals surface area contributed by atoms with Crippen LogP contribution in [0.2, 0.25) is 0 Å². The van der Waals surface area contributed by atoms with E-state index < -0.39 is 0 Å². The highest BCUT2D eigenvalue weighted by molar-refractivity contribution is 7.13. The molecule has 3 aromatic rings. The molecule has 0 aliphatic rings. The monoisotopic (exact) mass is 345 g/mol. The van der Waals surface area contributed by atoms with E-state index in [1.165, 1.54) is 6.07 Å². The van der Waals surface area contributed by atoms with Gasteiger partial charge in [0.1, 0.15) is 5.82 Å². The van der Waals surface area contributed by atoms with Crippen LogP contribution in [0.5, 0.6) is 0 Å². The average Bonchev–Trinajstić information content (AvgIpc) is 3.25. The fourth-order valence-corrected chi connectivity index (χ4v) is 2.84. The molecule has 5 nitrogen and oxygen atoms in total. The molecular formula is C17H16FN3O2S. The first kappa shape index (κ1) is 16.3. The van der Waals surface area contributed by atoms with Crippen LogP contribution in [0.4, 0.5) is 4.39 Å². The summed E-state index contributed by atoms with van der Waals surface area (Å²) in [4.78, 5) is 17.1. The predicted molar refractivity (Wildman–Crippen MR) is 88.8 cm³/mol. The van der Waals surface area contributed by atoms with Crippen LogP contribution in [0.1, 0.15) is 24.3 Å². The Morgan fingerprint density at radius 2 is 2.12 bits per heavy atom. The molecule has 124 valence electrons. The lowest BCUT2D eigenvalue weighted by atomic mass is 10.2. The first-order valence-corrected chi connectivity index (χ1v) is 8.47. The summed E-state index contributed by atoms with van der Waals surface area (Å²) in [6.45, 7) is 0.189. The smallest absolute Gasteiger partial charge is 0.226 e. The van der Waals surface area contributed by atoms with Crippen molar-refractivity contribution in [3.05, 3.63) is 59.0 Å². The van der Waals surface area contributed by atoms with Crippen molar-refractivity contribution in [1.29, 1.82) is 0 Å². The van der Waals surface area contributed by atoms with Crippen LogP contribution in [-0.4, -0.2) is 16.0 Å². The molecule has 0 aliphatic heterocycles. The lowest BCUT2D eigenvalue weighted by Gasteiger charge is -2.05. The van der Waals surface area contributed by atoms with E-state index in [1.54, 1.807) is 29.5 Å². The summed E-state index contributed by atoms with van der Waals surface area (Å²) in [5.41, 5.74) is 0.475. The number of thiophene rings is 1. The number of rotatable bonds is 7. The number of halogens is 1. The molecule has 1 N–H and O–H groups in total. The number of aryl methyl sites for hydroxylation is 1. The van der Waals surface area contributed by atoms with E-state index in [1.807, 2.05) is 17.5 Å². The SMILES string of the molecule is O=C(CCCc1nc(-c2cccs2)no1)NCc1ccccc1F. The molecule has 0 fully saturated rings. The van der Waals surface area contributed by atoms with Crippen LogP contribution >= 0.6 is 11.3 Å². The Labute approximate surface area is 142 Å². The molecule has 0 radical (unpaired) electrons. The molecule has 7 heteroatoms. The molecule has 0 aliphatic carbocycles. The summed E-state index contributed by atoms with van der Waals surface area (Å²) in [5.74, 6) is 0.644. The Hall–Kier alpha value is -2.54. The molecule has 1 aromatic carbocycles. The highest BCUT2D eigenvalue weighted by Gasteiger charge is 2.10. The normalized spacial score (nSPS) is 10.7. The van der Waals surface area contributed by atoms with E-state index >= 15 is 0 Å². The Kier molecular flexibility index (Phi) is 5.32. The van der Waals surface area contributed by atoms with E-state index in [9.17, 15) is 9.18 Å². The van der Waals surface area contributed by atoms with Gasteiger partial charge in [0.15, 0.2) is 0 Å². The quantitative estimate of drug-likeness (QED) is 0.711. The molecule has 3 rings (SSSR count). The van der Waals surface area contributed by atoms with Crippen molar-refractivity contribution in [3.63, 3.8) is 0 Å². The maximum atomic E-state index is 13.5. The number of aromatic nitrogens is 2. The zero-order valence-corrected chi connectivity index (χ0v) is 13.7. The number of amides is 1. The number of hydrogen-bond donors (Lipinski definition) is 1. The zero-order chi connectivity index (χ0) is 16.8. The highest BCUT2D eigenvalue weighted by Crippen LogP contribution is 2.21. The lowest BCUT2D eigenvalue weighted by molar-refractivity contribution is -0.121. The second-order valence-electron chi connectivity index (χ2n) is 5.21. The Morgan fingerprint density at radius 3 is 2.92 bits per heavy atom. The largest absolute Gasteiger partial charge is 0.352 e. The van der Waals surface area contributed by atoms with Crippen molar-refractivity contribution >= 4 is 17.2 Å². The van der Waals surface area contributed by atoms with Crippen molar-refractivity contribution in [1.82, 2.24) is 15.5 Å². The van der Waals surface area contributed by atoms with Crippen molar-refractivity contribution in [2.45, 2.75) is 25.8 Å². The maximum absolute atomic E-state index is 13.5. The third kappa shape index (κ3) is 4.26. The maximum Gasteiger partial charge on any atom is 0.226 e. The van der Waals surface area contributed by atoms with Gasteiger partial charge < -0.3 is 9.84 Å². The molecule has 0 spiro atoms. The highest BCUT2D eigenvalue weighted by atomic mass is 32.1. The number of nitrogens with zero attached hydrogens (tertiary/aromatic N) is 2. The molecule has 0 atom stereocenters. The summed E-state index contributed by atoms with van der Waals surface area (Å²) in [6.07, 6.45) is 1.45. The second kappa shape index (κ2) is 7.83. The standard InChI is InChI=1S/C17H16FN3O2S/c18-13-6-2-1-5-12(13)11-19-15(22)8-3-9-16-20-17(21-23-16)14-7-4-10-24-14/h1-2,4-7,10H,3,8-9,11H2,(H,19,22). The van der Waals surface area contributed by atoms with Gasteiger partial charge in [-0.1, -0.05) is 29.4 Å². The fourth-order valence-electron chi connectivity index (χ4n) is 2.19. The average molecular weight is 345 g/mol. The van der Waals surface area contributed by atoms with E-state index in [4.69, 9.17) is 4.52 Å². The van der Waals surface area contributed by atoms with Crippen LogP contribution in [0.3, 0.4) is 0 Å². The summed E-state index contributed by atoms with van der Waals surface area (Å²) in [7, 11) is 0.